The Labute approximate surface area is 175 Å². The Balaban J connectivity index is 1.38. The maximum Gasteiger partial charge on any atom is 0.311 e. The molecular weight excluding hydrogens is 382 g/mol. The lowest BCUT2D eigenvalue weighted by Gasteiger charge is -2.20. The number of amides is 1. The summed E-state index contributed by atoms with van der Waals surface area (Å²) in [6, 6.07) is 11.3. The minimum atomic E-state index is -0.601. The molecule has 4 rings (SSSR count). The van der Waals surface area contributed by atoms with Crippen molar-refractivity contribution in [2.24, 2.45) is 5.92 Å². The number of ether oxygens (including phenoxy) is 2. The SMILES string of the molecule is COc1ccc(C)cc1N1C[C@@H](C(=O)OCC(=O)c2ccc3c(c2)CCC3)CC1=O. The van der Waals surface area contributed by atoms with Gasteiger partial charge in [0.25, 0.3) is 0 Å². The van der Waals surface area contributed by atoms with Crippen molar-refractivity contribution in [2.75, 3.05) is 25.2 Å². The first-order valence-electron chi connectivity index (χ1n) is 10.2. The third-order valence-corrected chi connectivity index (χ3v) is 5.85. The van der Waals surface area contributed by atoms with Crippen molar-refractivity contribution >= 4 is 23.3 Å². The number of methoxy groups -OCH3 is 1. The van der Waals surface area contributed by atoms with Crippen molar-refractivity contribution in [1.82, 2.24) is 0 Å². The third-order valence-electron chi connectivity index (χ3n) is 5.85. The predicted molar refractivity (Wildman–Crippen MR) is 112 cm³/mol. The van der Waals surface area contributed by atoms with Crippen LogP contribution in [0.15, 0.2) is 36.4 Å². The Hall–Kier alpha value is -3.15. The topological polar surface area (TPSA) is 72.9 Å². The van der Waals surface area contributed by atoms with Crippen molar-refractivity contribution in [1.29, 1.82) is 0 Å². The molecule has 0 N–H and O–H groups in total. The molecule has 1 amide bonds. The Bertz CT molecular complexity index is 1010. The van der Waals surface area contributed by atoms with E-state index in [-0.39, 0.29) is 31.3 Å². The van der Waals surface area contributed by atoms with Crippen LogP contribution in [0.25, 0.3) is 0 Å². The number of anilines is 1. The maximum absolute atomic E-state index is 12.5. The molecule has 0 spiro atoms. The summed E-state index contributed by atoms with van der Waals surface area (Å²) < 4.78 is 10.6. The van der Waals surface area contributed by atoms with Gasteiger partial charge in [-0.05, 0) is 61.1 Å². The van der Waals surface area contributed by atoms with Crippen molar-refractivity contribution in [3.05, 3.63) is 58.7 Å². The van der Waals surface area contributed by atoms with Gasteiger partial charge in [-0.2, -0.15) is 0 Å². The highest BCUT2D eigenvalue weighted by Gasteiger charge is 2.37. The molecule has 1 aliphatic heterocycles. The summed E-state index contributed by atoms with van der Waals surface area (Å²) in [5.74, 6) is -0.928. The van der Waals surface area contributed by atoms with E-state index in [2.05, 4.69) is 0 Å². The van der Waals surface area contributed by atoms with Crippen LogP contribution in [0.1, 0.15) is 39.9 Å². The number of hydrogen-bond donors (Lipinski definition) is 0. The molecule has 1 heterocycles. The molecule has 0 bridgehead atoms. The van der Waals surface area contributed by atoms with Crippen LogP contribution in [0.3, 0.4) is 0 Å². The lowest BCUT2D eigenvalue weighted by molar-refractivity contribution is -0.147. The first-order valence-corrected chi connectivity index (χ1v) is 10.2. The molecule has 30 heavy (non-hydrogen) atoms. The van der Waals surface area contributed by atoms with Crippen LogP contribution in [0, 0.1) is 12.8 Å². The number of benzene rings is 2. The normalized spacial score (nSPS) is 17.7. The molecule has 0 aromatic heterocycles. The molecule has 2 aromatic rings. The van der Waals surface area contributed by atoms with Crippen LogP contribution >= 0.6 is 0 Å². The number of esters is 1. The molecule has 1 aliphatic carbocycles. The molecule has 0 unspecified atom stereocenters. The Morgan fingerprint density at radius 1 is 1.10 bits per heavy atom. The van der Waals surface area contributed by atoms with Crippen molar-refractivity contribution in [2.45, 2.75) is 32.6 Å². The largest absolute Gasteiger partial charge is 0.495 e. The molecular formula is C24H25NO5. The minimum absolute atomic E-state index is 0.0585. The molecule has 156 valence electrons. The number of Topliss-reactive ketones (excluding diaryl/α,β-unsaturated/α-hetero) is 1. The van der Waals surface area contributed by atoms with E-state index in [0.717, 1.165) is 24.8 Å². The summed E-state index contributed by atoms with van der Waals surface area (Å²) in [7, 11) is 1.55. The van der Waals surface area contributed by atoms with Gasteiger partial charge in [0.15, 0.2) is 12.4 Å². The summed E-state index contributed by atoms with van der Waals surface area (Å²) >= 11 is 0. The monoisotopic (exact) mass is 407 g/mol. The number of fused-ring (bicyclic) bond motifs is 1. The predicted octanol–water partition coefficient (Wildman–Crippen LogP) is 3.27. The second-order valence-electron chi connectivity index (χ2n) is 7.95. The number of hydrogen-bond acceptors (Lipinski definition) is 5. The fourth-order valence-corrected chi connectivity index (χ4v) is 4.19. The van der Waals surface area contributed by atoms with E-state index in [1.165, 1.54) is 11.1 Å². The van der Waals surface area contributed by atoms with Crippen LogP contribution < -0.4 is 9.64 Å². The molecule has 0 saturated carbocycles. The van der Waals surface area contributed by atoms with E-state index in [9.17, 15) is 14.4 Å². The molecule has 0 radical (unpaired) electrons. The van der Waals surface area contributed by atoms with E-state index in [1.54, 1.807) is 24.1 Å². The fraction of sp³-hybridized carbons (Fsp3) is 0.375. The van der Waals surface area contributed by atoms with Gasteiger partial charge in [0.05, 0.1) is 18.7 Å². The summed E-state index contributed by atoms with van der Waals surface area (Å²) in [5, 5.41) is 0. The van der Waals surface area contributed by atoms with E-state index in [1.807, 2.05) is 31.2 Å². The number of carbonyl (C=O) groups is 3. The van der Waals surface area contributed by atoms with Gasteiger partial charge < -0.3 is 14.4 Å². The number of rotatable bonds is 6. The zero-order valence-electron chi connectivity index (χ0n) is 17.3. The third kappa shape index (κ3) is 3.95. The first kappa shape index (κ1) is 20.1. The van der Waals surface area contributed by atoms with Crippen LogP contribution in [-0.4, -0.2) is 37.9 Å². The maximum atomic E-state index is 12.5. The average molecular weight is 407 g/mol. The van der Waals surface area contributed by atoms with E-state index < -0.39 is 11.9 Å². The van der Waals surface area contributed by atoms with Crippen molar-refractivity contribution in [3.8, 4) is 5.75 Å². The van der Waals surface area contributed by atoms with Crippen LogP contribution in [0.4, 0.5) is 5.69 Å². The smallest absolute Gasteiger partial charge is 0.311 e. The fourth-order valence-electron chi connectivity index (χ4n) is 4.19. The Morgan fingerprint density at radius 2 is 1.90 bits per heavy atom. The average Bonchev–Trinajstić information content (AvgIpc) is 3.37. The highest BCUT2D eigenvalue weighted by molar-refractivity contribution is 6.01. The van der Waals surface area contributed by atoms with Crippen LogP contribution in [-0.2, 0) is 27.2 Å². The lowest BCUT2D eigenvalue weighted by Crippen LogP contribution is -2.27. The van der Waals surface area contributed by atoms with Gasteiger partial charge in [0.2, 0.25) is 5.91 Å². The van der Waals surface area contributed by atoms with Crippen molar-refractivity contribution < 1.29 is 23.9 Å². The molecule has 6 nitrogen and oxygen atoms in total. The second kappa shape index (κ2) is 8.30. The highest BCUT2D eigenvalue weighted by Crippen LogP contribution is 2.34. The summed E-state index contributed by atoms with van der Waals surface area (Å²) in [5.41, 5.74) is 4.70. The number of ketones is 1. The Kier molecular flexibility index (Phi) is 5.57. The standard InChI is InChI=1S/C24H25NO5/c1-15-6-9-22(29-2)20(10-15)25-13-19(12-23(25)27)24(28)30-14-21(26)18-8-7-16-4-3-5-17(16)11-18/h6-11,19H,3-5,12-14H2,1-2H3/t19-/m0/s1. The van der Waals surface area contributed by atoms with Gasteiger partial charge in [-0.15, -0.1) is 0 Å². The van der Waals surface area contributed by atoms with E-state index in [4.69, 9.17) is 9.47 Å². The van der Waals surface area contributed by atoms with Gasteiger partial charge in [-0.25, -0.2) is 0 Å². The zero-order chi connectivity index (χ0) is 21.3. The molecule has 2 aromatic carbocycles. The lowest BCUT2D eigenvalue weighted by atomic mass is 10.0. The van der Waals surface area contributed by atoms with Gasteiger partial charge in [-0.1, -0.05) is 18.2 Å². The van der Waals surface area contributed by atoms with Gasteiger partial charge >= 0.3 is 5.97 Å². The molecule has 1 saturated heterocycles. The van der Waals surface area contributed by atoms with Crippen molar-refractivity contribution in [3.63, 3.8) is 0 Å². The first-order chi connectivity index (χ1) is 14.5. The van der Waals surface area contributed by atoms with Crippen LogP contribution in [0.5, 0.6) is 5.75 Å². The van der Waals surface area contributed by atoms with Gasteiger partial charge in [0, 0.05) is 18.5 Å². The number of nitrogens with zero attached hydrogens (tertiary/aromatic N) is 1. The minimum Gasteiger partial charge on any atom is -0.495 e. The zero-order valence-corrected chi connectivity index (χ0v) is 17.3. The summed E-state index contributed by atoms with van der Waals surface area (Å²) in [4.78, 5) is 39.1. The van der Waals surface area contributed by atoms with E-state index >= 15 is 0 Å². The number of aryl methyl sites for hydroxylation is 3. The summed E-state index contributed by atoms with van der Waals surface area (Å²) in [6.45, 7) is 1.83. The van der Waals surface area contributed by atoms with Gasteiger partial charge in [0.1, 0.15) is 5.75 Å². The molecule has 6 heteroatoms. The van der Waals surface area contributed by atoms with Crippen LogP contribution in [0.2, 0.25) is 0 Å². The summed E-state index contributed by atoms with van der Waals surface area (Å²) in [6.07, 6.45) is 3.21. The quantitative estimate of drug-likeness (QED) is 0.543. The number of carbonyl (C=O) groups excluding carboxylic acids is 3. The second-order valence-corrected chi connectivity index (χ2v) is 7.95. The van der Waals surface area contributed by atoms with E-state index in [0.29, 0.717) is 17.0 Å². The molecule has 1 atom stereocenters. The van der Waals surface area contributed by atoms with Gasteiger partial charge in [-0.3, -0.25) is 14.4 Å². The molecule has 1 fully saturated rings. The highest BCUT2D eigenvalue weighted by atomic mass is 16.5. The molecule has 2 aliphatic rings. The Morgan fingerprint density at radius 3 is 2.70 bits per heavy atom.